The van der Waals surface area contributed by atoms with E-state index in [1.54, 1.807) is 13.0 Å². The minimum absolute atomic E-state index is 0. The van der Waals surface area contributed by atoms with Crippen molar-refractivity contribution in [2.24, 2.45) is 0 Å². The summed E-state index contributed by atoms with van der Waals surface area (Å²) in [6, 6.07) is 3.54. The van der Waals surface area contributed by atoms with E-state index in [9.17, 15) is 9.50 Å². The number of piperazine rings is 1. The van der Waals surface area contributed by atoms with Gasteiger partial charge in [-0.05, 0) is 18.9 Å². The monoisotopic (exact) mass is 336 g/mol. The fourth-order valence-corrected chi connectivity index (χ4v) is 2.57. The minimum atomic E-state index is -0.512. The quantitative estimate of drug-likeness (QED) is 0.829. The highest BCUT2D eigenvalue weighted by Gasteiger charge is 2.25. The molecule has 2 rings (SSSR count). The molecule has 0 bridgehead atoms. The van der Waals surface area contributed by atoms with E-state index in [1.807, 2.05) is 12.1 Å². The zero-order chi connectivity index (χ0) is 13.8. The summed E-state index contributed by atoms with van der Waals surface area (Å²) < 4.78 is 13.9. The third kappa shape index (κ3) is 4.58. The van der Waals surface area contributed by atoms with Gasteiger partial charge in [0.2, 0.25) is 0 Å². The van der Waals surface area contributed by atoms with Crippen molar-refractivity contribution in [1.29, 1.82) is 0 Å². The van der Waals surface area contributed by atoms with E-state index in [-0.39, 0.29) is 36.6 Å². The second-order valence-electron chi connectivity index (χ2n) is 4.96. The molecule has 1 heterocycles. The maximum Gasteiger partial charge on any atom is 0.168 e. The molecule has 1 aromatic rings. The first kappa shape index (κ1) is 20.2. The third-order valence-electron chi connectivity index (χ3n) is 3.68. The average Bonchev–Trinajstić information content (AvgIpc) is 2.44. The SMILES string of the molecule is C=CC[C@@H](c1ccc(C)c(F)c1O)N1CCNCC1.Cl.Cl. The van der Waals surface area contributed by atoms with E-state index in [0.29, 0.717) is 17.5 Å². The Balaban J connectivity index is 0.00000200. The highest BCUT2D eigenvalue weighted by atomic mass is 35.5. The van der Waals surface area contributed by atoms with Crippen LogP contribution in [0.2, 0.25) is 0 Å². The Morgan fingerprint density at radius 3 is 2.57 bits per heavy atom. The van der Waals surface area contributed by atoms with E-state index in [4.69, 9.17) is 0 Å². The van der Waals surface area contributed by atoms with Gasteiger partial charge in [-0.2, -0.15) is 0 Å². The summed E-state index contributed by atoms with van der Waals surface area (Å²) in [4.78, 5) is 2.27. The molecule has 1 atom stereocenters. The highest BCUT2D eigenvalue weighted by molar-refractivity contribution is 5.85. The fourth-order valence-electron chi connectivity index (χ4n) is 2.57. The summed E-state index contributed by atoms with van der Waals surface area (Å²) in [7, 11) is 0. The Kier molecular flexibility index (Phi) is 8.90. The van der Waals surface area contributed by atoms with E-state index in [2.05, 4.69) is 16.8 Å². The number of aryl methyl sites for hydroxylation is 1. The fraction of sp³-hybridized carbons (Fsp3) is 0.467. The van der Waals surface area contributed by atoms with Gasteiger partial charge in [-0.25, -0.2) is 4.39 Å². The number of nitrogens with zero attached hydrogens (tertiary/aromatic N) is 1. The molecule has 0 spiro atoms. The number of halogens is 3. The molecule has 1 saturated heterocycles. The van der Waals surface area contributed by atoms with Gasteiger partial charge < -0.3 is 10.4 Å². The van der Waals surface area contributed by atoms with Crippen LogP contribution in [0.4, 0.5) is 4.39 Å². The van der Waals surface area contributed by atoms with Crippen LogP contribution in [0.5, 0.6) is 5.75 Å². The number of nitrogens with one attached hydrogen (secondary N) is 1. The molecule has 0 amide bonds. The van der Waals surface area contributed by atoms with Crippen LogP contribution in [0.1, 0.15) is 23.6 Å². The molecule has 2 N–H and O–H groups in total. The largest absolute Gasteiger partial charge is 0.505 e. The van der Waals surface area contributed by atoms with Crippen LogP contribution in [-0.4, -0.2) is 36.2 Å². The van der Waals surface area contributed by atoms with Crippen molar-refractivity contribution in [3.8, 4) is 5.75 Å². The average molecular weight is 337 g/mol. The Bertz CT molecular complexity index is 465. The maximum atomic E-state index is 13.9. The molecule has 1 fully saturated rings. The standard InChI is InChI=1S/C15H21FN2O.2ClH/c1-3-4-13(18-9-7-17-8-10-18)12-6-5-11(2)14(16)15(12)19;;/h3,5-6,13,17,19H,1,4,7-10H2,2H3;2*1H/t13-;;/m0../s1. The van der Waals surface area contributed by atoms with Gasteiger partial charge in [0.15, 0.2) is 11.6 Å². The van der Waals surface area contributed by atoms with Crippen LogP contribution >= 0.6 is 24.8 Å². The predicted octanol–water partition coefficient (Wildman–Crippen LogP) is 3.21. The molecule has 0 aliphatic carbocycles. The lowest BCUT2D eigenvalue weighted by molar-refractivity contribution is 0.171. The van der Waals surface area contributed by atoms with Crippen molar-refractivity contribution < 1.29 is 9.50 Å². The van der Waals surface area contributed by atoms with Crippen molar-refractivity contribution in [2.75, 3.05) is 26.2 Å². The van der Waals surface area contributed by atoms with Crippen LogP contribution < -0.4 is 5.32 Å². The van der Waals surface area contributed by atoms with Gasteiger partial charge in [0.25, 0.3) is 0 Å². The van der Waals surface area contributed by atoms with Crippen LogP contribution in [-0.2, 0) is 0 Å². The van der Waals surface area contributed by atoms with Gasteiger partial charge in [-0.1, -0.05) is 18.2 Å². The Morgan fingerprint density at radius 1 is 1.38 bits per heavy atom. The molecule has 1 aliphatic rings. The molecule has 120 valence electrons. The van der Waals surface area contributed by atoms with Crippen molar-refractivity contribution in [3.05, 3.63) is 41.7 Å². The summed E-state index contributed by atoms with van der Waals surface area (Å²) in [5.74, 6) is -0.730. The smallest absolute Gasteiger partial charge is 0.168 e. The molecule has 1 aromatic carbocycles. The Labute approximate surface area is 138 Å². The van der Waals surface area contributed by atoms with Gasteiger partial charge in [0.1, 0.15) is 0 Å². The van der Waals surface area contributed by atoms with Gasteiger partial charge in [0, 0.05) is 37.8 Å². The van der Waals surface area contributed by atoms with Crippen LogP contribution in [0.25, 0.3) is 0 Å². The first-order valence-corrected chi connectivity index (χ1v) is 6.68. The number of rotatable bonds is 4. The van der Waals surface area contributed by atoms with Crippen LogP contribution in [0.15, 0.2) is 24.8 Å². The van der Waals surface area contributed by atoms with Crippen LogP contribution in [0, 0.1) is 12.7 Å². The lowest BCUT2D eigenvalue weighted by atomic mass is 9.98. The van der Waals surface area contributed by atoms with E-state index in [1.165, 1.54) is 0 Å². The zero-order valence-corrected chi connectivity index (χ0v) is 13.8. The molecule has 0 radical (unpaired) electrons. The third-order valence-corrected chi connectivity index (χ3v) is 3.68. The van der Waals surface area contributed by atoms with Gasteiger partial charge in [-0.3, -0.25) is 4.90 Å². The minimum Gasteiger partial charge on any atom is -0.505 e. The number of aromatic hydroxyl groups is 1. The highest BCUT2D eigenvalue weighted by Crippen LogP contribution is 2.34. The Hall–Kier alpha value is -0.810. The van der Waals surface area contributed by atoms with Gasteiger partial charge >= 0.3 is 0 Å². The molecule has 1 aliphatic heterocycles. The second kappa shape index (κ2) is 9.26. The first-order valence-electron chi connectivity index (χ1n) is 6.68. The lowest BCUT2D eigenvalue weighted by Gasteiger charge is -2.35. The van der Waals surface area contributed by atoms with Crippen molar-refractivity contribution in [3.63, 3.8) is 0 Å². The summed E-state index contributed by atoms with van der Waals surface area (Å²) in [5.41, 5.74) is 1.13. The topological polar surface area (TPSA) is 35.5 Å². The van der Waals surface area contributed by atoms with Crippen molar-refractivity contribution in [2.45, 2.75) is 19.4 Å². The number of hydrogen-bond donors (Lipinski definition) is 2. The molecule has 0 unspecified atom stereocenters. The molecule has 0 saturated carbocycles. The second-order valence-corrected chi connectivity index (χ2v) is 4.96. The molecular weight excluding hydrogens is 314 g/mol. The molecule has 21 heavy (non-hydrogen) atoms. The van der Waals surface area contributed by atoms with Crippen LogP contribution in [0.3, 0.4) is 0 Å². The molecule has 3 nitrogen and oxygen atoms in total. The molecule has 6 heteroatoms. The van der Waals surface area contributed by atoms with Gasteiger partial charge in [0.05, 0.1) is 0 Å². The number of phenolic OH excluding ortho intramolecular Hbond substituents is 1. The van der Waals surface area contributed by atoms with E-state index >= 15 is 0 Å². The summed E-state index contributed by atoms with van der Waals surface area (Å²) in [6.45, 7) is 9.06. The van der Waals surface area contributed by atoms with E-state index in [0.717, 1.165) is 26.2 Å². The number of phenols is 1. The summed E-state index contributed by atoms with van der Waals surface area (Å²) in [5, 5.41) is 13.3. The summed E-state index contributed by atoms with van der Waals surface area (Å²) >= 11 is 0. The van der Waals surface area contributed by atoms with Gasteiger partial charge in [-0.15, -0.1) is 31.4 Å². The van der Waals surface area contributed by atoms with Crippen molar-refractivity contribution in [1.82, 2.24) is 10.2 Å². The number of hydrogen-bond acceptors (Lipinski definition) is 3. The maximum absolute atomic E-state index is 13.9. The summed E-state index contributed by atoms with van der Waals surface area (Å²) in [6.07, 6.45) is 2.53. The molecule has 0 aromatic heterocycles. The lowest BCUT2D eigenvalue weighted by Crippen LogP contribution is -2.45. The predicted molar refractivity (Wildman–Crippen MR) is 89.3 cm³/mol. The number of benzene rings is 1. The molecular formula is C15H23Cl2FN2O. The first-order chi connectivity index (χ1) is 9.15. The zero-order valence-electron chi connectivity index (χ0n) is 12.1. The normalized spacial score (nSPS) is 16.5. The Morgan fingerprint density at radius 2 is 2.00 bits per heavy atom. The van der Waals surface area contributed by atoms with E-state index < -0.39 is 5.82 Å². The van der Waals surface area contributed by atoms with Crippen molar-refractivity contribution >= 4 is 24.8 Å².